The third-order valence-electron chi connectivity index (χ3n) is 3.74. The van der Waals surface area contributed by atoms with Crippen molar-refractivity contribution in [3.05, 3.63) is 35.3 Å². The van der Waals surface area contributed by atoms with E-state index in [1.54, 1.807) is 12.4 Å². The summed E-state index contributed by atoms with van der Waals surface area (Å²) in [6, 6.07) is 2.33. The molecular formula is C16H19F3N6O5S2. The van der Waals surface area contributed by atoms with Gasteiger partial charge in [0.2, 0.25) is 15.9 Å². The highest BCUT2D eigenvalue weighted by Gasteiger charge is 2.20. The van der Waals surface area contributed by atoms with Crippen molar-refractivity contribution in [3.63, 3.8) is 0 Å². The number of aromatic nitrogens is 2. The van der Waals surface area contributed by atoms with Crippen LogP contribution in [0.4, 0.5) is 18.9 Å². The van der Waals surface area contributed by atoms with E-state index in [9.17, 15) is 31.6 Å². The molecule has 11 nitrogen and oxygen atoms in total. The maximum absolute atomic E-state index is 13.5. The van der Waals surface area contributed by atoms with Crippen LogP contribution in [0.5, 0.6) is 0 Å². The number of thioether (sulfide) groups is 1. The van der Waals surface area contributed by atoms with E-state index in [1.807, 2.05) is 0 Å². The van der Waals surface area contributed by atoms with Crippen molar-refractivity contribution in [2.45, 2.75) is 30.8 Å². The van der Waals surface area contributed by atoms with E-state index in [2.05, 4.69) is 25.3 Å². The Bertz CT molecular complexity index is 1080. The first-order valence-electron chi connectivity index (χ1n) is 8.82. The molecule has 1 heterocycles. The first-order chi connectivity index (χ1) is 15.0. The molecule has 0 bridgehead atoms. The molecule has 0 radical (unpaired) electrons. The molecule has 5 N–H and O–H groups in total. The molecule has 0 unspecified atom stereocenters. The number of alkyl halides is 2. The Labute approximate surface area is 184 Å². The van der Waals surface area contributed by atoms with Gasteiger partial charge in [-0.05, 0) is 35.4 Å². The summed E-state index contributed by atoms with van der Waals surface area (Å²) >= 11 is 1.06. The van der Waals surface area contributed by atoms with Gasteiger partial charge in [0.1, 0.15) is 5.82 Å². The summed E-state index contributed by atoms with van der Waals surface area (Å²) in [4.78, 5) is 15.7. The number of carbonyl (C=O) groups is 1. The van der Waals surface area contributed by atoms with Crippen LogP contribution in [-0.4, -0.2) is 53.2 Å². The molecule has 0 spiro atoms. The number of nitrogens with two attached hydrogens (primary N) is 1. The minimum Gasteiger partial charge on any atom is -0.353 e. The SMILES string of the molecule is C[C@H](CSc1nonc1C(=Nc1ccc(F)c(C(F)F)c1)NO)NC(=O)CCS(N)(=O)=O. The largest absolute Gasteiger partial charge is 0.353 e. The molecule has 1 atom stereocenters. The summed E-state index contributed by atoms with van der Waals surface area (Å²) in [6.07, 6.45) is -3.36. The first-order valence-corrected chi connectivity index (χ1v) is 11.5. The number of benzene rings is 1. The summed E-state index contributed by atoms with van der Waals surface area (Å²) in [7, 11) is -3.76. The molecule has 0 aliphatic heterocycles. The number of nitrogens with zero attached hydrogens (tertiary/aromatic N) is 3. The lowest BCUT2D eigenvalue weighted by atomic mass is 10.2. The van der Waals surface area contributed by atoms with Gasteiger partial charge in [0.05, 0.1) is 17.0 Å². The number of halogens is 3. The highest BCUT2D eigenvalue weighted by molar-refractivity contribution is 7.99. The van der Waals surface area contributed by atoms with Crippen molar-refractivity contribution in [3.8, 4) is 0 Å². The van der Waals surface area contributed by atoms with Gasteiger partial charge in [-0.2, -0.15) is 0 Å². The standard InChI is InChI=1S/C16H19F3N6O5S2/c1-8(21-12(26)4-5-32(20,28)29)7-31-16-13(24-30-25-16)15(23-27)22-9-2-3-11(17)10(6-9)14(18)19/h2-3,6,8,14,27H,4-5,7H2,1H3,(H,21,26)(H,22,23)(H2,20,28,29)/t8-/m1/s1. The summed E-state index contributed by atoms with van der Waals surface area (Å²) in [5, 5.41) is 24.2. The Morgan fingerprint density at radius 1 is 1.38 bits per heavy atom. The van der Waals surface area contributed by atoms with Crippen LogP contribution in [0.1, 0.15) is 31.0 Å². The highest BCUT2D eigenvalue weighted by atomic mass is 32.2. The van der Waals surface area contributed by atoms with Crippen molar-refractivity contribution in [2.75, 3.05) is 11.5 Å². The third-order valence-corrected chi connectivity index (χ3v) is 5.72. The van der Waals surface area contributed by atoms with E-state index >= 15 is 0 Å². The van der Waals surface area contributed by atoms with Crippen molar-refractivity contribution in [1.82, 2.24) is 21.1 Å². The number of amides is 1. The van der Waals surface area contributed by atoms with Crippen LogP contribution < -0.4 is 15.9 Å². The molecule has 32 heavy (non-hydrogen) atoms. The molecule has 176 valence electrons. The molecule has 1 aromatic carbocycles. The lowest BCUT2D eigenvalue weighted by Gasteiger charge is -2.12. The zero-order valence-electron chi connectivity index (χ0n) is 16.5. The van der Waals surface area contributed by atoms with Crippen LogP contribution in [0.3, 0.4) is 0 Å². The quantitative estimate of drug-likeness (QED) is 0.164. The fourth-order valence-electron chi connectivity index (χ4n) is 2.28. The number of nitrogens with one attached hydrogen (secondary N) is 2. The van der Waals surface area contributed by atoms with Crippen LogP contribution in [0.25, 0.3) is 0 Å². The topological polar surface area (TPSA) is 173 Å². The fraction of sp³-hybridized carbons (Fsp3) is 0.375. The van der Waals surface area contributed by atoms with Gasteiger partial charge in [-0.15, -0.1) is 0 Å². The Balaban J connectivity index is 2.07. The van der Waals surface area contributed by atoms with Crippen molar-refractivity contribution >= 4 is 39.2 Å². The van der Waals surface area contributed by atoms with Gasteiger partial charge < -0.3 is 5.32 Å². The molecular weight excluding hydrogens is 477 g/mol. The number of hydrogen-bond donors (Lipinski definition) is 4. The minimum atomic E-state index is -3.76. The second-order valence-corrected chi connectivity index (χ2v) is 9.14. The second-order valence-electron chi connectivity index (χ2n) is 6.39. The molecule has 2 rings (SSSR count). The number of hydroxylamine groups is 1. The predicted molar refractivity (Wildman–Crippen MR) is 108 cm³/mol. The predicted octanol–water partition coefficient (Wildman–Crippen LogP) is 1.48. The Morgan fingerprint density at radius 2 is 2.09 bits per heavy atom. The molecule has 0 fully saturated rings. The van der Waals surface area contributed by atoms with Gasteiger partial charge in [0.15, 0.2) is 16.6 Å². The van der Waals surface area contributed by atoms with Crippen LogP contribution in [0, 0.1) is 5.82 Å². The number of sulfonamides is 1. The summed E-state index contributed by atoms with van der Waals surface area (Å²) in [5.41, 5.74) is 0.752. The smallest absolute Gasteiger partial charge is 0.266 e. The van der Waals surface area contributed by atoms with E-state index in [-0.39, 0.29) is 34.4 Å². The Morgan fingerprint density at radius 3 is 2.72 bits per heavy atom. The summed E-state index contributed by atoms with van der Waals surface area (Å²) in [6.45, 7) is 1.65. The van der Waals surface area contributed by atoms with E-state index in [4.69, 9.17) is 5.14 Å². The van der Waals surface area contributed by atoms with Gasteiger partial charge in [-0.3, -0.25) is 15.5 Å². The lowest BCUT2D eigenvalue weighted by molar-refractivity contribution is -0.121. The van der Waals surface area contributed by atoms with Gasteiger partial charge in [0.25, 0.3) is 6.43 Å². The molecule has 0 aliphatic carbocycles. The summed E-state index contributed by atoms with van der Waals surface area (Å²) < 4.78 is 65.7. The second kappa shape index (κ2) is 11.3. The van der Waals surface area contributed by atoms with Gasteiger partial charge >= 0.3 is 0 Å². The van der Waals surface area contributed by atoms with Crippen LogP contribution in [0.2, 0.25) is 0 Å². The fourth-order valence-corrected chi connectivity index (χ4v) is 3.59. The lowest BCUT2D eigenvalue weighted by Crippen LogP contribution is -2.35. The molecule has 0 aliphatic rings. The monoisotopic (exact) mass is 496 g/mol. The molecule has 2 aromatic rings. The first kappa shape index (κ1) is 25.6. The van der Waals surface area contributed by atoms with E-state index in [0.29, 0.717) is 0 Å². The van der Waals surface area contributed by atoms with Crippen LogP contribution in [0.15, 0.2) is 32.8 Å². The van der Waals surface area contributed by atoms with Gasteiger partial charge in [0, 0.05) is 18.2 Å². The number of primary sulfonamides is 1. The maximum atomic E-state index is 13.5. The van der Waals surface area contributed by atoms with Crippen molar-refractivity contribution < 1.29 is 36.2 Å². The van der Waals surface area contributed by atoms with Crippen LogP contribution >= 0.6 is 11.8 Å². The minimum absolute atomic E-state index is 0.0619. The number of rotatable bonds is 10. The average Bonchev–Trinajstić information content (AvgIpc) is 3.18. The zero-order chi connectivity index (χ0) is 23.9. The van der Waals surface area contributed by atoms with Crippen molar-refractivity contribution in [2.24, 2.45) is 10.1 Å². The van der Waals surface area contributed by atoms with E-state index in [0.717, 1.165) is 30.0 Å². The average molecular weight is 496 g/mol. The molecule has 1 aromatic heterocycles. The molecule has 1 amide bonds. The Kier molecular flexibility index (Phi) is 8.99. The van der Waals surface area contributed by atoms with Gasteiger partial charge in [-0.25, -0.2) is 36.3 Å². The third kappa shape index (κ3) is 7.77. The maximum Gasteiger partial charge on any atom is 0.266 e. The van der Waals surface area contributed by atoms with E-state index in [1.165, 1.54) is 0 Å². The Hall–Kier alpha value is -2.69. The number of amidine groups is 1. The zero-order valence-corrected chi connectivity index (χ0v) is 18.1. The molecule has 0 saturated carbocycles. The van der Waals surface area contributed by atoms with Gasteiger partial charge in [-0.1, -0.05) is 11.8 Å². The summed E-state index contributed by atoms with van der Waals surface area (Å²) in [5.74, 6) is -2.17. The number of carbonyl (C=O) groups excluding carboxylic acids is 1. The van der Waals surface area contributed by atoms with Crippen LogP contribution in [-0.2, 0) is 14.8 Å². The number of aliphatic imine (C=N–C) groups is 1. The van der Waals surface area contributed by atoms with Crippen molar-refractivity contribution in [1.29, 1.82) is 0 Å². The molecule has 0 saturated heterocycles. The normalized spacial score (nSPS) is 13.3. The number of hydrogen-bond acceptors (Lipinski definition) is 9. The van der Waals surface area contributed by atoms with E-state index < -0.39 is 45.5 Å². The highest BCUT2D eigenvalue weighted by Crippen LogP contribution is 2.27. The molecule has 16 heteroatoms.